The molecule has 0 heterocycles. The summed E-state index contributed by atoms with van der Waals surface area (Å²) in [6.07, 6.45) is 1.45. The highest BCUT2D eigenvalue weighted by molar-refractivity contribution is 6.31. The van der Waals surface area contributed by atoms with E-state index in [2.05, 4.69) is 15.3 Å². The van der Waals surface area contributed by atoms with Gasteiger partial charge in [-0.15, -0.1) is 0 Å². The first-order valence-electron chi connectivity index (χ1n) is 6.90. The number of carbonyl (C=O) groups is 2. The van der Waals surface area contributed by atoms with Crippen LogP contribution in [-0.2, 0) is 4.74 Å². The van der Waals surface area contributed by atoms with Crippen LogP contribution < -0.4 is 10.2 Å². The first-order chi connectivity index (χ1) is 11.5. The summed E-state index contributed by atoms with van der Waals surface area (Å²) in [5.74, 6) is -0.467. The van der Waals surface area contributed by atoms with E-state index < -0.39 is 11.9 Å². The number of hydrogen-bond donors (Lipinski definition) is 1. The number of nitrogens with one attached hydrogen (secondary N) is 1. The molecule has 24 heavy (non-hydrogen) atoms. The molecule has 2 rings (SSSR count). The standard InChI is InChI=1S/C17H15ClN2O4/c1-23-15-8-7-13(18)9-14(15)16(21)20-19-10-11-3-5-12(6-4-11)17(22)24-2/h3-10H,1-2H3,(H,20,21). The molecule has 0 saturated heterocycles. The molecule has 0 aliphatic heterocycles. The zero-order valence-electron chi connectivity index (χ0n) is 13.1. The van der Waals surface area contributed by atoms with E-state index in [-0.39, 0.29) is 5.56 Å². The van der Waals surface area contributed by atoms with E-state index in [1.807, 2.05) is 0 Å². The van der Waals surface area contributed by atoms with E-state index in [0.29, 0.717) is 21.9 Å². The topological polar surface area (TPSA) is 77.0 Å². The van der Waals surface area contributed by atoms with Gasteiger partial charge in [0.05, 0.1) is 31.6 Å². The highest BCUT2D eigenvalue weighted by atomic mass is 35.5. The predicted octanol–water partition coefficient (Wildman–Crippen LogP) is 2.90. The molecule has 0 spiro atoms. The Labute approximate surface area is 144 Å². The minimum Gasteiger partial charge on any atom is -0.496 e. The first kappa shape index (κ1) is 17.5. The number of ether oxygens (including phenoxy) is 2. The molecule has 2 aromatic rings. The Balaban J connectivity index is 2.05. The van der Waals surface area contributed by atoms with Gasteiger partial charge in [0.2, 0.25) is 0 Å². The van der Waals surface area contributed by atoms with Crippen molar-refractivity contribution in [3.8, 4) is 5.75 Å². The fourth-order valence-corrected chi connectivity index (χ4v) is 2.08. The molecule has 1 amide bonds. The minimum atomic E-state index is -0.447. The fraction of sp³-hybridized carbons (Fsp3) is 0.118. The van der Waals surface area contributed by atoms with E-state index in [1.165, 1.54) is 26.5 Å². The number of hydrogen-bond acceptors (Lipinski definition) is 5. The van der Waals surface area contributed by atoms with E-state index in [0.717, 1.165) is 0 Å². The summed E-state index contributed by atoms with van der Waals surface area (Å²) in [6.45, 7) is 0. The van der Waals surface area contributed by atoms with Crippen LogP contribution in [-0.4, -0.2) is 32.3 Å². The van der Waals surface area contributed by atoms with Crippen LogP contribution in [0.2, 0.25) is 5.02 Å². The third-order valence-electron chi connectivity index (χ3n) is 3.12. The maximum absolute atomic E-state index is 12.1. The molecular formula is C17H15ClN2O4. The van der Waals surface area contributed by atoms with Crippen LogP contribution in [0, 0.1) is 0 Å². The summed E-state index contributed by atoms with van der Waals surface area (Å²) in [7, 11) is 2.78. The molecule has 0 bridgehead atoms. The largest absolute Gasteiger partial charge is 0.496 e. The number of amides is 1. The Morgan fingerprint density at radius 3 is 2.46 bits per heavy atom. The molecule has 0 atom stereocenters. The van der Waals surface area contributed by atoms with Crippen molar-refractivity contribution in [1.29, 1.82) is 0 Å². The summed E-state index contributed by atoms with van der Waals surface area (Å²) < 4.78 is 9.73. The predicted molar refractivity (Wildman–Crippen MR) is 90.8 cm³/mol. The lowest BCUT2D eigenvalue weighted by atomic mass is 10.1. The van der Waals surface area contributed by atoms with Gasteiger partial charge in [0, 0.05) is 5.02 Å². The third-order valence-corrected chi connectivity index (χ3v) is 3.35. The van der Waals surface area contributed by atoms with Gasteiger partial charge in [-0.1, -0.05) is 23.7 Å². The molecule has 0 fully saturated rings. The second kappa shape index (κ2) is 8.12. The second-order valence-electron chi connectivity index (χ2n) is 4.66. The van der Waals surface area contributed by atoms with Crippen molar-refractivity contribution in [2.24, 2.45) is 5.10 Å². The molecule has 7 heteroatoms. The lowest BCUT2D eigenvalue weighted by Crippen LogP contribution is -2.18. The number of carbonyl (C=O) groups excluding carboxylic acids is 2. The van der Waals surface area contributed by atoms with Crippen molar-refractivity contribution in [2.75, 3.05) is 14.2 Å². The molecular weight excluding hydrogens is 332 g/mol. The maximum Gasteiger partial charge on any atom is 0.337 e. The molecule has 2 aromatic carbocycles. The number of methoxy groups -OCH3 is 2. The molecule has 0 unspecified atom stereocenters. The second-order valence-corrected chi connectivity index (χ2v) is 5.09. The minimum absolute atomic E-state index is 0.281. The lowest BCUT2D eigenvalue weighted by molar-refractivity contribution is 0.0600. The molecule has 0 saturated carbocycles. The number of rotatable bonds is 5. The average molecular weight is 347 g/mol. The van der Waals surface area contributed by atoms with Crippen LogP contribution >= 0.6 is 11.6 Å². The van der Waals surface area contributed by atoms with Crippen LogP contribution in [0.5, 0.6) is 5.75 Å². The highest BCUT2D eigenvalue weighted by Crippen LogP contribution is 2.22. The van der Waals surface area contributed by atoms with Gasteiger partial charge in [-0.3, -0.25) is 4.79 Å². The average Bonchev–Trinajstić information content (AvgIpc) is 2.61. The van der Waals surface area contributed by atoms with Gasteiger partial charge in [-0.25, -0.2) is 10.2 Å². The van der Waals surface area contributed by atoms with Crippen LogP contribution in [0.1, 0.15) is 26.3 Å². The van der Waals surface area contributed by atoms with Gasteiger partial charge < -0.3 is 9.47 Å². The number of benzene rings is 2. The van der Waals surface area contributed by atoms with Crippen molar-refractivity contribution >= 4 is 29.7 Å². The zero-order chi connectivity index (χ0) is 17.5. The van der Waals surface area contributed by atoms with Gasteiger partial charge in [-0.05, 0) is 35.9 Å². The molecule has 0 radical (unpaired) electrons. The fourth-order valence-electron chi connectivity index (χ4n) is 1.91. The van der Waals surface area contributed by atoms with Gasteiger partial charge in [0.1, 0.15) is 5.75 Å². The highest BCUT2D eigenvalue weighted by Gasteiger charge is 2.12. The molecule has 0 aliphatic rings. The van der Waals surface area contributed by atoms with E-state index in [1.54, 1.807) is 36.4 Å². The number of esters is 1. The zero-order valence-corrected chi connectivity index (χ0v) is 13.8. The van der Waals surface area contributed by atoms with Crippen molar-refractivity contribution in [3.63, 3.8) is 0 Å². The number of nitrogens with zero attached hydrogens (tertiary/aromatic N) is 1. The van der Waals surface area contributed by atoms with E-state index in [4.69, 9.17) is 16.3 Å². The van der Waals surface area contributed by atoms with Crippen LogP contribution in [0.4, 0.5) is 0 Å². The summed E-state index contributed by atoms with van der Waals surface area (Å²) in [5, 5.41) is 4.30. The van der Waals surface area contributed by atoms with Crippen molar-refractivity contribution < 1.29 is 19.1 Å². The monoisotopic (exact) mass is 346 g/mol. The van der Waals surface area contributed by atoms with Crippen molar-refractivity contribution in [1.82, 2.24) is 5.43 Å². The summed E-state index contributed by atoms with van der Waals surface area (Å²) in [6, 6.07) is 11.3. The quantitative estimate of drug-likeness (QED) is 0.513. The summed E-state index contributed by atoms with van der Waals surface area (Å²) >= 11 is 5.89. The normalized spacial score (nSPS) is 10.5. The summed E-state index contributed by atoms with van der Waals surface area (Å²) in [4.78, 5) is 23.5. The Hall–Kier alpha value is -2.86. The molecule has 6 nitrogen and oxygen atoms in total. The van der Waals surface area contributed by atoms with Gasteiger partial charge in [-0.2, -0.15) is 5.10 Å². The molecule has 124 valence electrons. The van der Waals surface area contributed by atoms with Gasteiger partial charge >= 0.3 is 5.97 Å². The maximum atomic E-state index is 12.1. The summed E-state index contributed by atoms with van der Waals surface area (Å²) in [5.41, 5.74) is 3.82. The lowest BCUT2D eigenvalue weighted by Gasteiger charge is -2.07. The third kappa shape index (κ3) is 4.33. The Morgan fingerprint density at radius 1 is 1.12 bits per heavy atom. The van der Waals surface area contributed by atoms with Crippen molar-refractivity contribution in [3.05, 3.63) is 64.2 Å². The first-order valence-corrected chi connectivity index (χ1v) is 7.28. The van der Waals surface area contributed by atoms with Crippen LogP contribution in [0.3, 0.4) is 0 Å². The van der Waals surface area contributed by atoms with Crippen molar-refractivity contribution in [2.45, 2.75) is 0 Å². The van der Waals surface area contributed by atoms with Crippen LogP contribution in [0.25, 0.3) is 0 Å². The molecule has 1 N–H and O–H groups in total. The Morgan fingerprint density at radius 2 is 1.83 bits per heavy atom. The molecule has 0 aromatic heterocycles. The smallest absolute Gasteiger partial charge is 0.337 e. The SMILES string of the molecule is COC(=O)c1ccc(C=NNC(=O)c2cc(Cl)ccc2OC)cc1. The van der Waals surface area contributed by atoms with E-state index >= 15 is 0 Å². The number of halogens is 1. The van der Waals surface area contributed by atoms with E-state index in [9.17, 15) is 9.59 Å². The number of hydrazone groups is 1. The Bertz CT molecular complexity index is 773. The van der Waals surface area contributed by atoms with Crippen LogP contribution in [0.15, 0.2) is 47.6 Å². The van der Waals surface area contributed by atoms with Gasteiger partial charge in [0.15, 0.2) is 0 Å². The molecule has 0 aliphatic carbocycles. The van der Waals surface area contributed by atoms with Gasteiger partial charge in [0.25, 0.3) is 5.91 Å². The Kier molecular flexibility index (Phi) is 5.92.